The molecule has 0 bridgehead atoms. The van der Waals surface area contributed by atoms with Crippen molar-refractivity contribution in [2.24, 2.45) is 5.73 Å². The number of nitrogens with one attached hydrogen (secondary N) is 1. The highest BCUT2D eigenvalue weighted by Gasteiger charge is 2.04. The van der Waals surface area contributed by atoms with Crippen molar-refractivity contribution in [3.8, 4) is 0 Å². The van der Waals surface area contributed by atoms with Crippen LogP contribution in [0.3, 0.4) is 0 Å². The number of ether oxygens (including phenoxy) is 1. The van der Waals surface area contributed by atoms with Crippen LogP contribution >= 0.6 is 0 Å². The molecule has 1 aromatic rings. The zero-order chi connectivity index (χ0) is 13.4. The molecule has 0 radical (unpaired) electrons. The topological polar surface area (TPSA) is 64.3 Å². The summed E-state index contributed by atoms with van der Waals surface area (Å²) in [5, 5.41) is 2.86. The van der Waals surface area contributed by atoms with Gasteiger partial charge in [0.05, 0.1) is 6.10 Å². The van der Waals surface area contributed by atoms with Gasteiger partial charge in [-0.15, -0.1) is 0 Å². The predicted octanol–water partition coefficient (Wildman–Crippen LogP) is 1.69. The van der Waals surface area contributed by atoms with E-state index in [9.17, 15) is 4.79 Å². The van der Waals surface area contributed by atoms with Crippen molar-refractivity contribution in [3.05, 3.63) is 35.4 Å². The van der Waals surface area contributed by atoms with Gasteiger partial charge in [0.15, 0.2) is 0 Å². The highest BCUT2D eigenvalue weighted by Crippen LogP contribution is 2.04. The van der Waals surface area contributed by atoms with Gasteiger partial charge < -0.3 is 15.8 Å². The van der Waals surface area contributed by atoms with Crippen LogP contribution in [0.2, 0.25) is 0 Å². The van der Waals surface area contributed by atoms with Gasteiger partial charge >= 0.3 is 0 Å². The maximum absolute atomic E-state index is 11.8. The Hall–Kier alpha value is -1.39. The molecule has 4 heteroatoms. The summed E-state index contributed by atoms with van der Waals surface area (Å²) in [6, 6.07) is 7.37. The normalized spacial score (nSPS) is 10.7. The van der Waals surface area contributed by atoms with Crippen LogP contribution in [0.4, 0.5) is 0 Å². The molecule has 3 N–H and O–H groups in total. The lowest BCUT2D eigenvalue weighted by atomic mass is 10.1. The molecule has 0 saturated heterocycles. The van der Waals surface area contributed by atoms with Crippen molar-refractivity contribution < 1.29 is 9.53 Å². The Labute approximate surface area is 109 Å². The molecule has 18 heavy (non-hydrogen) atoms. The minimum absolute atomic E-state index is 0.0603. The molecule has 100 valence electrons. The summed E-state index contributed by atoms with van der Waals surface area (Å²) in [4.78, 5) is 11.8. The Morgan fingerprint density at radius 3 is 2.89 bits per heavy atom. The third-order valence-electron chi connectivity index (χ3n) is 2.48. The SMILES string of the molecule is CC(C)OCCCNC(=O)c1cccc(CN)c1. The Morgan fingerprint density at radius 1 is 1.44 bits per heavy atom. The number of carbonyl (C=O) groups excluding carboxylic acids is 1. The molecule has 0 fully saturated rings. The van der Waals surface area contributed by atoms with Gasteiger partial charge in [0.2, 0.25) is 0 Å². The highest BCUT2D eigenvalue weighted by atomic mass is 16.5. The standard InChI is InChI=1S/C14H22N2O2/c1-11(2)18-8-4-7-16-14(17)13-6-3-5-12(9-13)10-15/h3,5-6,9,11H,4,7-8,10,15H2,1-2H3,(H,16,17). The molecule has 0 aliphatic carbocycles. The van der Waals surface area contributed by atoms with Crippen molar-refractivity contribution >= 4 is 5.91 Å². The number of nitrogens with two attached hydrogens (primary N) is 1. The van der Waals surface area contributed by atoms with E-state index in [1.165, 1.54) is 0 Å². The van der Waals surface area contributed by atoms with Crippen molar-refractivity contribution in [2.75, 3.05) is 13.2 Å². The van der Waals surface area contributed by atoms with E-state index in [0.717, 1.165) is 12.0 Å². The molecule has 0 aliphatic heterocycles. The molecule has 4 nitrogen and oxygen atoms in total. The van der Waals surface area contributed by atoms with Crippen molar-refractivity contribution in [2.45, 2.75) is 32.9 Å². The first-order chi connectivity index (χ1) is 8.63. The van der Waals surface area contributed by atoms with Gasteiger partial charge in [0.25, 0.3) is 5.91 Å². The molecule has 0 spiro atoms. The maximum Gasteiger partial charge on any atom is 0.251 e. The highest BCUT2D eigenvalue weighted by molar-refractivity contribution is 5.94. The van der Waals surface area contributed by atoms with Crippen molar-refractivity contribution in [3.63, 3.8) is 0 Å². The van der Waals surface area contributed by atoms with E-state index in [-0.39, 0.29) is 12.0 Å². The second-order valence-electron chi connectivity index (χ2n) is 4.43. The van der Waals surface area contributed by atoms with E-state index in [2.05, 4.69) is 5.32 Å². The molecular formula is C14H22N2O2. The first-order valence-electron chi connectivity index (χ1n) is 6.32. The van der Waals surface area contributed by atoms with Crippen LogP contribution in [0.5, 0.6) is 0 Å². The molecule has 0 unspecified atom stereocenters. The van der Waals surface area contributed by atoms with Crippen LogP contribution in [0.1, 0.15) is 36.2 Å². The minimum atomic E-state index is -0.0603. The van der Waals surface area contributed by atoms with Crippen LogP contribution in [-0.4, -0.2) is 25.2 Å². The van der Waals surface area contributed by atoms with Gasteiger partial charge in [-0.1, -0.05) is 12.1 Å². The van der Waals surface area contributed by atoms with Crippen LogP contribution < -0.4 is 11.1 Å². The number of carbonyl (C=O) groups is 1. The third-order valence-corrected chi connectivity index (χ3v) is 2.48. The Morgan fingerprint density at radius 2 is 2.22 bits per heavy atom. The molecule has 0 saturated carbocycles. The van der Waals surface area contributed by atoms with E-state index in [1.54, 1.807) is 6.07 Å². The zero-order valence-electron chi connectivity index (χ0n) is 11.1. The average Bonchev–Trinajstić information content (AvgIpc) is 2.37. The number of hydrogen-bond acceptors (Lipinski definition) is 3. The van der Waals surface area contributed by atoms with Crippen LogP contribution in [0, 0.1) is 0 Å². The number of rotatable bonds is 7. The Kier molecular flexibility index (Phi) is 6.39. The van der Waals surface area contributed by atoms with E-state index < -0.39 is 0 Å². The lowest BCUT2D eigenvalue weighted by Crippen LogP contribution is -2.25. The molecule has 1 rings (SSSR count). The average molecular weight is 250 g/mol. The third kappa shape index (κ3) is 5.29. The summed E-state index contributed by atoms with van der Waals surface area (Å²) in [6.07, 6.45) is 1.06. The van der Waals surface area contributed by atoms with Gasteiger partial charge in [-0.2, -0.15) is 0 Å². The molecular weight excluding hydrogens is 228 g/mol. The number of hydrogen-bond donors (Lipinski definition) is 2. The summed E-state index contributed by atoms with van der Waals surface area (Å²) in [5.41, 5.74) is 7.16. The molecule has 0 heterocycles. The lowest BCUT2D eigenvalue weighted by Gasteiger charge is -2.08. The molecule has 0 aliphatic rings. The monoisotopic (exact) mass is 250 g/mol. The first kappa shape index (κ1) is 14.7. The van der Waals surface area contributed by atoms with Crippen LogP contribution in [0.25, 0.3) is 0 Å². The summed E-state index contributed by atoms with van der Waals surface area (Å²) < 4.78 is 5.40. The summed E-state index contributed by atoms with van der Waals surface area (Å²) in [7, 11) is 0. The fraction of sp³-hybridized carbons (Fsp3) is 0.500. The molecule has 0 atom stereocenters. The Bertz CT molecular complexity index is 378. The minimum Gasteiger partial charge on any atom is -0.379 e. The molecule has 1 amide bonds. The van der Waals surface area contributed by atoms with Crippen LogP contribution in [0.15, 0.2) is 24.3 Å². The fourth-order valence-corrected chi connectivity index (χ4v) is 1.53. The maximum atomic E-state index is 11.8. The Balaban J connectivity index is 2.31. The van der Waals surface area contributed by atoms with E-state index >= 15 is 0 Å². The van der Waals surface area contributed by atoms with E-state index in [1.807, 2.05) is 32.0 Å². The second kappa shape index (κ2) is 7.84. The van der Waals surface area contributed by atoms with Gasteiger partial charge in [0.1, 0.15) is 0 Å². The zero-order valence-corrected chi connectivity index (χ0v) is 11.1. The van der Waals surface area contributed by atoms with E-state index in [0.29, 0.717) is 25.3 Å². The first-order valence-corrected chi connectivity index (χ1v) is 6.32. The second-order valence-corrected chi connectivity index (χ2v) is 4.43. The fourth-order valence-electron chi connectivity index (χ4n) is 1.53. The summed E-state index contributed by atoms with van der Waals surface area (Å²) in [6.45, 7) is 5.73. The number of amides is 1. The lowest BCUT2D eigenvalue weighted by molar-refractivity contribution is 0.0757. The van der Waals surface area contributed by atoms with Crippen LogP contribution in [-0.2, 0) is 11.3 Å². The quantitative estimate of drug-likeness (QED) is 0.724. The molecule has 1 aromatic carbocycles. The van der Waals surface area contributed by atoms with Gasteiger partial charge in [-0.05, 0) is 38.0 Å². The largest absolute Gasteiger partial charge is 0.379 e. The summed E-state index contributed by atoms with van der Waals surface area (Å²) in [5.74, 6) is -0.0603. The number of benzene rings is 1. The van der Waals surface area contributed by atoms with E-state index in [4.69, 9.17) is 10.5 Å². The smallest absolute Gasteiger partial charge is 0.251 e. The van der Waals surface area contributed by atoms with Gasteiger partial charge in [0, 0.05) is 25.3 Å². The van der Waals surface area contributed by atoms with Crippen molar-refractivity contribution in [1.29, 1.82) is 0 Å². The van der Waals surface area contributed by atoms with Gasteiger partial charge in [-0.25, -0.2) is 0 Å². The van der Waals surface area contributed by atoms with Crippen molar-refractivity contribution in [1.82, 2.24) is 5.32 Å². The predicted molar refractivity (Wildman–Crippen MR) is 72.4 cm³/mol. The summed E-state index contributed by atoms with van der Waals surface area (Å²) >= 11 is 0. The molecule has 0 aromatic heterocycles. The van der Waals surface area contributed by atoms with Gasteiger partial charge in [-0.3, -0.25) is 4.79 Å².